The van der Waals surface area contributed by atoms with Crippen molar-refractivity contribution in [2.45, 2.75) is 25.4 Å². The maximum atomic E-state index is 12.3. The van der Waals surface area contributed by atoms with E-state index in [9.17, 15) is 14.4 Å². The second-order valence-electron chi connectivity index (χ2n) is 5.99. The first-order chi connectivity index (χ1) is 12.0. The van der Waals surface area contributed by atoms with Gasteiger partial charge in [0.15, 0.2) is 0 Å². The zero-order valence-corrected chi connectivity index (χ0v) is 13.9. The lowest BCUT2D eigenvalue weighted by Crippen LogP contribution is -2.42. The molecule has 3 amide bonds. The number of benzene rings is 1. The monoisotopic (exact) mass is 340 g/mol. The normalized spacial score (nSPS) is 16.4. The third kappa shape index (κ3) is 3.88. The lowest BCUT2D eigenvalue weighted by molar-refractivity contribution is -0.122. The van der Waals surface area contributed by atoms with E-state index in [1.54, 1.807) is 24.3 Å². The first-order valence-electron chi connectivity index (χ1n) is 8.12. The molecule has 0 bridgehead atoms. The molecule has 0 fully saturated rings. The van der Waals surface area contributed by atoms with E-state index in [2.05, 4.69) is 16.0 Å². The molecule has 0 spiro atoms. The van der Waals surface area contributed by atoms with Gasteiger partial charge < -0.3 is 20.5 Å². The number of rotatable bonds is 5. The number of nitrogens with zero attached hydrogens (tertiary/aromatic N) is 1. The Morgan fingerprint density at radius 3 is 2.76 bits per heavy atom. The van der Waals surface area contributed by atoms with E-state index >= 15 is 0 Å². The molecule has 0 radical (unpaired) electrons. The minimum Gasteiger partial charge on any atom is -0.353 e. The first kappa shape index (κ1) is 16.8. The van der Waals surface area contributed by atoms with Crippen LogP contribution < -0.4 is 16.0 Å². The van der Waals surface area contributed by atoms with Crippen molar-refractivity contribution in [1.29, 1.82) is 0 Å². The highest BCUT2D eigenvalue weighted by Gasteiger charge is 2.27. The summed E-state index contributed by atoms with van der Waals surface area (Å²) in [6, 6.07) is 9.93. The molecule has 1 atom stereocenters. The molecule has 1 aromatic heterocycles. The molecule has 2 aromatic rings. The second kappa shape index (κ2) is 7.21. The maximum Gasteiger partial charge on any atom is 0.254 e. The van der Waals surface area contributed by atoms with Crippen molar-refractivity contribution < 1.29 is 14.4 Å². The number of aryl methyl sites for hydroxylation is 1. The molecule has 130 valence electrons. The lowest BCUT2D eigenvalue weighted by atomic mass is 10.1. The minimum atomic E-state index is -0.735. The highest BCUT2D eigenvalue weighted by Crippen LogP contribution is 2.19. The third-order valence-corrected chi connectivity index (χ3v) is 4.23. The van der Waals surface area contributed by atoms with E-state index in [0.717, 1.165) is 5.69 Å². The zero-order chi connectivity index (χ0) is 17.8. The molecule has 1 aromatic carbocycles. The quantitative estimate of drug-likeness (QED) is 0.763. The van der Waals surface area contributed by atoms with Crippen molar-refractivity contribution >= 4 is 23.4 Å². The number of amides is 3. The average Bonchev–Trinajstić information content (AvgIpc) is 2.96. The van der Waals surface area contributed by atoms with Crippen molar-refractivity contribution in [1.82, 2.24) is 15.2 Å². The van der Waals surface area contributed by atoms with Crippen LogP contribution in [0.25, 0.3) is 0 Å². The van der Waals surface area contributed by atoms with Gasteiger partial charge in [-0.25, -0.2) is 0 Å². The maximum absolute atomic E-state index is 12.3. The topological polar surface area (TPSA) is 92.2 Å². The molecule has 1 aliphatic heterocycles. The number of nitrogens with one attached hydrogen (secondary N) is 3. The number of carbonyl (C=O) groups excluding carboxylic acids is 3. The van der Waals surface area contributed by atoms with Crippen molar-refractivity contribution in [3.8, 4) is 0 Å². The molecule has 0 saturated carbocycles. The molecule has 0 aliphatic carbocycles. The van der Waals surface area contributed by atoms with Gasteiger partial charge in [0.25, 0.3) is 5.91 Å². The number of anilines is 1. The van der Waals surface area contributed by atoms with Crippen molar-refractivity contribution in [2.24, 2.45) is 7.05 Å². The number of fused-ring (bicyclic) bond motifs is 1. The highest BCUT2D eigenvalue weighted by atomic mass is 16.2. The summed E-state index contributed by atoms with van der Waals surface area (Å²) >= 11 is 0. The number of carbonyl (C=O) groups is 3. The molecule has 7 nitrogen and oxygen atoms in total. The Bertz CT molecular complexity index is 812. The summed E-state index contributed by atoms with van der Waals surface area (Å²) in [4.78, 5) is 36.5. The van der Waals surface area contributed by atoms with Crippen LogP contribution in [0.3, 0.4) is 0 Å². The van der Waals surface area contributed by atoms with E-state index in [0.29, 0.717) is 17.8 Å². The Balaban J connectivity index is 1.54. The number of aromatic nitrogens is 1. The number of hydrogen-bond acceptors (Lipinski definition) is 3. The van der Waals surface area contributed by atoms with Gasteiger partial charge in [-0.2, -0.15) is 0 Å². The second-order valence-corrected chi connectivity index (χ2v) is 5.99. The van der Waals surface area contributed by atoms with Gasteiger partial charge >= 0.3 is 0 Å². The molecule has 3 N–H and O–H groups in total. The van der Waals surface area contributed by atoms with Gasteiger partial charge in [-0.3, -0.25) is 14.4 Å². The predicted octanol–water partition coefficient (Wildman–Crippen LogP) is 1.17. The largest absolute Gasteiger partial charge is 0.353 e. The van der Waals surface area contributed by atoms with Crippen LogP contribution in [0.1, 0.15) is 28.9 Å². The number of para-hydroxylation sites is 1. The molecular formula is C18H20N4O3. The fraction of sp³-hybridized carbons (Fsp3) is 0.278. The Hall–Kier alpha value is -3.09. The summed E-state index contributed by atoms with van der Waals surface area (Å²) in [6.07, 6.45) is 2.30. The zero-order valence-electron chi connectivity index (χ0n) is 13.9. The van der Waals surface area contributed by atoms with Gasteiger partial charge in [-0.05, 0) is 30.7 Å². The van der Waals surface area contributed by atoms with Crippen LogP contribution in [0.15, 0.2) is 42.6 Å². The minimum absolute atomic E-state index is 0.152. The van der Waals surface area contributed by atoms with E-state index in [-0.39, 0.29) is 30.6 Å². The summed E-state index contributed by atoms with van der Waals surface area (Å²) in [6.45, 7) is 0.428. The summed E-state index contributed by atoms with van der Waals surface area (Å²) < 4.78 is 1.93. The highest BCUT2D eigenvalue weighted by molar-refractivity contribution is 6.09. The van der Waals surface area contributed by atoms with Crippen molar-refractivity contribution in [3.63, 3.8) is 0 Å². The van der Waals surface area contributed by atoms with Gasteiger partial charge in [-0.1, -0.05) is 12.1 Å². The van der Waals surface area contributed by atoms with E-state index < -0.39 is 6.04 Å². The van der Waals surface area contributed by atoms with Crippen LogP contribution in [0.2, 0.25) is 0 Å². The van der Waals surface area contributed by atoms with Crippen LogP contribution in [0.4, 0.5) is 5.69 Å². The SMILES string of the molecule is Cn1cccc1CNC(=O)CCC1NC(=O)c2ccccc2NC1=O. The fourth-order valence-electron chi connectivity index (χ4n) is 2.75. The lowest BCUT2D eigenvalue weighted by Gasteiger charge is -2.14. The molecule has 0 saturated heterocycles. The summed E-state index contributed by atoms with van der Waals surface area (Å²) in [5, 5.41) is 8.24. The molecule has 7 heteroatoms. The van der Waals surface area contributed by atoms with Gasteiger partial charge in [0, 0.05) is 25.4 Å². The smallest absolute Gasteiger partial charge is 0.254 e. The van der Waals surface area contributed by atoms with Crippen LogP contribution in [0.5, 0.6) is 0 Å². The Morgan fingerprint density at radius 1 is 1.20 bits per heavy atom. The van der Waals surface area contributed by atoms with Crippen LogP contribution in [-0.4, -0.2) is 28.3 Å². The first-order valence-corrected chi connectivity index (χ1v) is 8.12. The molecule has 25 heavy (non-hydrogen) atoms. The molecule has 3 rings (SSSR count). The van der Waals surface area contributed by atoms with Crippen LogP contribution >= 0.6 is 0 Å². The Morgan fingerprint density at radius 2 is 2.00 bits per heavy atom. The number of hydrogen-bond donors (Lipinski definition) is 3. The summed E-state index contributed by atoms with van der Waals surface area (Å²) in [5.74, 6) is -0.790. The van der Waals surface area contributed by atoms with Crippen LogP contribution in [0, 0.1) is 0 Å². The Kier molecular flexibility index (Phi) is 4.83. The third-order valence-electron chi connectivity index (χ3n) is 4.23. The summed E-state index contributed by atoms with van der Waals surface area (Å²) in [5.41, 5.74) is 1.90. The predicted molar refractivity (Wildman–Crippen MR) is 92.8 cm³/mol. The van der Waals surface area contributed by atoms with Gasteiger partial charge in [0.05, 0.1) is 17.8 Å². The van der Waals surface area contributed by atoms with Crippen molar-refractivity contribution in [2.75, 3.05) is 5.32 Å². The van der Waals surface area contributed by atoms with E-state index in [1.165, 1.54) is 0 Å². The van der Waals surface area contributed by atoms with E-state index in [1.807, 2.05) is 29.9 Å². The van der Waals surface area contributed by atoms with Gasteiger partial charge in [0.1, 0.15) is 6.04 Å². The molecule has 1 aliphatic rings. The van der Waals surface area contributed by atoms with Gasteiger partial charge in [-0.15, -0.1) is 0 Å². The van der Waals surface area contributed by atoms with Gasteiger partial charge in [0.2, 0.25) is 11.8 Å². The molecular weight excluding hydrogens is 320 g/mol. The molecule has 2 heterocycles. The van der Waals surface area contributed by atoms with Crippen LogP contribution in [-0.2, 0) is 23.2 Å². The standard InChI is InChI=1S/C18H20N4O3/c1-22-10-4-5-12(22)11-19-16(23)9-8-15-18(25)20-14-7-3-2-6-13(14)17(24)21-15/h2-7,10,15H,8-9,11H2,1H3,(H,19,23)(H,20,25)(H,21,24). The average molecular weight is 340 g/mol. The molecule has 1 unspecified atom stereocenters. The Labute approximate surface area is 145 Å². The summed E-state index contributed by atoms with van der Waals surface area (Å²) in [7, 11) is 1.91. The fourth-order valence-corrected chi connectivity index (χ4v) is 2.75. The van der Waals surface area contributed by atoms with E-state index in [4.69, 9.17) is 0 Å². The van der Waals surface area contributed by atoms with Crippen molar-refractivity contribution in [3.05, 3.63) is 53.9 Å².